The van der Waals surface area contributed by atoms with Crippen LogP contribution in [0.1, 0.15) is 26.3 Å². The van der Waals surface area contributed by atoms with Gasteiger partial charge in [-0.1, -0.05) is 18.2 Å². The van der Waals surface area contributed by atoms with E-state index >= 15 is 0 Å². The van der Waals surface area contributed by atoms with Gasteiger partial charge in [-0.2, -0.15) is 0 Å². The second-order valence-corrected chi connectivity index (χ2v) is 4.68. The van der Waals surface area contributed by atoms with Crippen LogP contribution in [0.2, 0.25) is 0 Å². The van der Waals surface area contributed by atoms with Crippen molar-refractivity contribution in [2.24, 2.45) is 0 Å². The van der Waals surface area contributed by atoms with Crippen molar-refractivity contribution in [3.05, 3.63) is 59.2 Å². The second-order valence-electron chi connectivity index (χ2n) is 4.68. The van der Waals surface area contributed by atoms with Crippen molar-refractivity contribution in [2.75, 3.05) is 19.5 Å². The molecule has 5 heteroatoms. The molecule has 0 aromatic heterocycles. The highest BCUT2D eigenvalue weighted by molar-refractivity contribution is 6.07. The predicted molar refractivity (Wildman–Crippen MR) is 83.5 cm³/mol. The quantitative estimate of drug-likeness (QED) is 0.881. The first kappa shape index (κ1) is 15.6. The fourth-order valence-corrected chi connectivity index (χ4v) is 2.02. The number of aryl methyl sites for hydroxylation is 1. The van der Waals surface area contributed by atoms with Crippen LogP contribution in [0, 0.1) is 6.92 Å². The van der Waals surface area contributed by atoms with Gasteiger partial charge in [0.25, 0.3) is 5.91 Å². The van der Waals surface area contributed by atoms with Gasteiger partial charge in [-0.15, -0.1) is 0 Å². The number of nitrogens with one attached hydrogen (secondary N) is 1. The van der Waals surface area contributed by atoms with Crippen molar-refractivity contribution in [1.29, 1.82) is 0 Å². The minimum Gasteiger partial charge on any atom is -0.496 e. The van der Waals surface area contributed by atoms with E-state index in [0.717, 1.165) is 5.56 Å². The Morgan fingerprint density at radius 2 is 1.77 bits per heavy atom. The van der Waals surface area contributed by atoms with Crippen molar-refractivity contribution >= 4 is 17.6 Å². The third kappa shape index (κ3) is 3.25. The average Bonchev–Trinajstić information content (AvgIpc) is 2.55. The lowest BCUT2D eigenvalue weighted by Crippen LogP contribution is -2.14. The lowest BCUT2D eigenvalue weighted by Gasteiger charge is -2.12. The number of amides is 1. The molecule has 5 nitrogen and oxygen atoms in total. The van der Waals surface area contributed by atoms with E-state index in [1.165, 1.54) is 14.2 Å². The fourth-order valence-electron chi connectivity index (χ4n) is 2.02. The Labute approximate surface area is 128 Å². The van der Waals surface area contributed by atoms with Crippen LogP contribution in [0.25, 0.3) is 0 Å². The van der Waals surface area contributed by atoms with Gasteiger partial charge in [0.05, 0.1) is 25.3 Å². The van der Waals surface area contributed by atoms with E-state index in [1.807, 2.05) is 6.92 Å². The van der Waals surface area contributed by atoms with Gasteiger partial charge in [0.15, 0.2) is 0 Å². The molecule has 1 amide bonds. The van der Waals surface area contributed by atoms with Crippen LogP contribution in [0.4, 0.5) is 5.69 Å². The Morgan fingerprint density at radius 3 is 2.45 bits per heavy atom. The normalized spacial score (nSPS) is 9.95. The van der Waals surface area contributed by atoms with Crippen LogP contribution in [0.5, 0.6) is 5.75 Å². The molecule has 0 aliphatic heterocycles. The van der Waals surface area contributed by atoms with Gasteiger partial charge in [-0.3, -0.25) is 4.79 Å². The molecule has 0 heterocycles. The third-order valence-electron chi connectivity index (χ3n) is 3.26. The number of carbonyl (C=O) groups excluding carboxylic acids is 2. The van der Waals surface area contributed by atoms with E-state index in [4.69, 9.17) is 4.74 Å². The summed E-state index contributed by atoms with van der Waals surface area (Å²) in [6, 6.07) is 11.9. The van der Waals surface area contributed by atoms with Gasteiger partial charge in [0.1, 0.15) is 5.75 Å². The summed E-state index contributed by atoms with van der Waals surface area (Å²) in [6.45, 7) is 1.85. The number of benzene rings is 2. The first-order chi connectivity index (χ1) is 10.6. The molecule has 1 N–H and O–H groups in total. The summed E-state index contributed by atoms with van der Waals surface area (Å²) in [4.78, 5) is 24.0. The third-order valence-corrected chi connectivity index (χ3v) is 3.26. The number of methoxy groups -OCH3 is 2. The first-order valence-corrected chi connectivity index (χ1v) is 6.70. The van der Waals surface area contributed by atoms with Crippen LogP contribution >= 0.6 is 0 Å². The zero-order valence-electron chi connectivity index (χ0n) is 12.7. The molecule has 114 valence electrons. The van der Waals surface area contributed by atoms with Crippen molar-refractivity contribution in [2.45, 2.75) is 6.92 Å². The Hall–Kier alpha value is -2.82. The second kappa shape index (κ2) is 6.76. The summed E-state index contributed by atoms with van der Waals surface area (Å²) in [7, 11) is 2.82. The van der Waals surface area contributed by atoms with Gasteiger partial charge < -0.3 is 14.8 Å². The number of rotatable bonds is 4. The number of hydrogen-bond acceptors (Lipinski definition) is 4. The van der Waals surface area contributed by atoms with Crippen molar-refractivity contribution in [3.63, 3.8) is 0 Å². The molecular formula is C17H17NO4. The van der Waals surface area contributed by atoms with Crippen LogP contribution in [-0.4, -0.2) is 26.1 Å². The largest absolute Gasteiger partial charge is 0.496 e. The van der Waals surface area contributed by atoms with E-state index in [2.05, 4.69) is 10.1 Å². The summed E-state index contributed by atoms with van der Waals surface area (Å²) in [5.74, 6) is -0.267. The van der Waals surface area contributed by atoms with Gasteiger partial charge in [0.2, 0.25) is 0 Å². The fraction of sp³-hybridized carbons (Fsp3) is 0.176. The van der Waals surface area contributed by atoms with Gasteiger partial charge >= 0.3 is 5.97 Å². The maximum Gasteiger partial charge on any atom is 0.337 e. The molecule has 2 aromatic rings. The van der Waals surface area contributed by atoms with Crippen molar-refractivity contribution in [1.82, 2.24) is 0 Å². The molecule has 0 fully saturated rings. The molecule has 22 heavy (non-hydrogen) atoms. The van der Waals surface area contributed by atoms with Crippen molar-refractivity contribution in [3.8, 4) is 5.75 Å². The molecule has 0 aliphatic rings. The molecule has 0 atom stereocenters. The highest BCUT2D eigenvalue weighted by atomic mass is 16.5. The molecule has 2 rings (SSSR count). The summed E-state index contributed by atoms with van der Waals surface area (Å²) in [5.41, 5.74) is 2.20. The van der Waals surface area contributed by atoms with Crippen molar-refractivity contribution < 1.29 is 19.1 Å². The lowest BCUT2D eigenvalue weighted by atomic mass is 10.1. The van der Waals surface area contributed by atoms with E-state index in [1.54, 1.807) is 42.5 Å². The van der Waals surface area contributed by atoms with Gasteiger partial charge in [-0.05, 0) is 36.8 Å². The number of ether oxygens (including phenoxy) is 2. The van der Waals surface area contributed by atoms with Crippen LogP contribution in [0.15, 0.2) is 42.5 Å². The van der Waals surface area contributed by atoms with Gasteiger partial charge in [-0.25, -0.2) is 4.79 Å². The first-order valence-electron chi connectivity index (χ1n) is 6.70. The zero-order chi connectivity index (χ0) is 16.1. The molecule has 0 bridgehead atoms. The maximum atomic E-state index is 12.4. The Kier molecular flexibility index (Phi) is 4.78. The smallest absolute Gasteiger partial charge is 0.337 e. The number of anilines is 1. The zero-order valence-corrected chi connectivity index (χ0v) is 12.7. The molecular weight excluding hydrogens is 282 g/mol. The van der Waals surface area contributed by atoms with E-state index in [9.17, 15) is 9.59 Å². The molecule has 2 aromatic carbocycles. The summed E-state index contributed by atoms with van der Waals surface area (Å²) >= 11 is 0. The minimum absolute atomic E-state index is 0.303. The van der Waals surface area contributed by atoms with Gasteiger partial charge in [0, 0.05) is 5.69 Å². The summed E-state index contributed by atoms with van der Waals surface area (Å²) < 4.78 is 9.86. The topological polar surface area (TPSA) is 64.6 Å². The number of esters is 1. The highest BCUT2D eigenvalue weighted by Crippen LogP contribution is 2.22. The Balaban J connectivity index is 2.30. The average molecular weight is 299 g/mol. The standard InChI is InChI=1S/C17H17NO4/c1-11-8-9-12(17(20)22-3)10-14(11)18-16(19)13-6-4-5-7-15(13)21-2/h4-10H,1-3H3,(H,18,19). The van der Waals surface area contributed by atoms with Crippen LogP contribution in [-0.2, 0) is 4.74 Å². The maximum absolute atomic E-state index is 12.4. The number of hydrogen-bond donors (Lipinski definition) is 1. The molecule has 0 aliphatic carbocycles. The molecule has 0 spiro atoms. The summed E-state index contributed by atoms with van der Waals surface area (Å²) in [6.07, 6.45) is 0. The Bertz CT molecular complexity index is 710. The van der Waals surface area contributed by atoms with E-state index in [-0.39, 0.29) is 5.91 Å². The summed E-state index contributed by atoms with van der Waals surface area (Å²) in [5, 5.41) is 2.79. The van der Waals surface area contributed by atoms with Crippen LogP contribution < -0.4 is 10.1 Å². The highest BCUT2D eigenvalue weighted by Gasteiger charge is 2.14. The monoisotopic (exact) mass is 299 g/mol. The van der Waals surface area contributed by atoms with Crippen LogP contribution in [0.3, 0.4) is 0 Å². The molecule has 0 saturated heterocycles. The molecule has 0 unspecified atom stereocenters. The number of carbonyl (C=O) groups is 2. The molecule has 0 saturated carbocycles. The SMILES string of the molecule is COC(=O)c1ccc(C)c(NC(=O)c2ccccc2OC)c1. The van der Waals surface area contributed by atoms with E-state index < -0.39 is 5.97 Å². The molecule has 0 radical (unpaired) electrons. The lowest BCUT2D eigenvalue weighted by molar-refractivity contribution is 0.0600. The predicted octanol–water partition coefficient (Wildman–Crippen LogP) is 3.04. The van der Waals surface area contributed by atoms with E-state index in [0.29, 0.717) is 22.6 Å². The Morgan fingerprint density at radius 1 is 1.05 bits per heavy atom. The minimum atomic E-state index is -0.451. The number of para-hydroxylation sites is 1.